The SMILES string of the molecule is C=CCOC(=O)C(=O)/C=C/[C@@H]1O[C@@H](OC)[C@H](OC)[C@H](OC)[C@H]1OC. The van der Waals surface area contributed by atoms with Gasteiger partial charge in [-0.1, -0.05) is 12.7 Å². The summed E-state index contributed by atoms with van der Waals surface area (Å²) in [7, 11) is 5.98. The molecule has 136 valence electrons. The number of ketones is 1. The average molecular weight is 344 g/mol. The van der Waals surface area contributed by atoms with E-state index in [0.717, 1.165) is 6.08 Å². The van der Waals surface area contributed by atoms with Crippen LogP contribution in [0.3, 0.4) is 0 Å². The second-order valence-electron chi connectivity index (χ2n) is 4.92. The van der Waals surface area contributed by atoms with Crippen molar-refractivity contribution in [2.45, 2.75) is 30.7 Å². The van der Waals surface area contributed by atoms with Crippen LogP contribution in [-0.4, -0.2) is 77.5 Å². The Kier molecular flexibility index (Phi) is 8.80. The molecule has 0 N–H and O–H groups in total. The molecule has 0 aromatic rings. The Hall–Kier alpha value is -1.58. The first-order valence-electron chi connectivity index (χ1n) is 7.30. The minimum absolute atomic E-state index is 0.0357. The molecule has 1 heterocycles. The molecule has 5 atom stereocenters. The number of carbonyl (C=O) groups is 2. The van der Waals surface area contributed by atoms with E-state index in [2.05, 4.69) is 11.3 Å². The molecule has 8 nitrogen and oxygen atoms in total. The van der Waals surface area contributed by atoms with Crippen molar-refractivity contribution in [2.75, 3.05) is 35.0 Å². The van der Waals surface area contributed by atoms with Gasteiger partial charge in [0.1, 0.15) is 31.0 Å². The van der Waals surface area contributed by atoms with Crippen LogP contribution in [0.2, 0.25) is 0 Å². The summed E-state index contributed by atoms with van der Waals surface area (Å²) in [5.41, 5.74) is 0. The normalized spacial score (nSPS) is 30.2. The Morgan fingerprint density at radius 2 is 1.62 bits per heavy atom. The predicted molar refractivity (Wildman–Crippen MR) is 83.4 cm³/mol. The summed E-state index contributed by atoms with van der Waals surface area (Å²) in [6.07, 6.45) is 0.914. The van der Waals surface area contributed by atoms with E-state index in [9.17, 15) is 9.59 Å². The van der Waals surface area contributed by atoms with Gasteiger partial charge in [0.25, 0.3) is 5.78 Å². The van der Waals surface area contributed by atoms with E-state index in [1.165, 1.54) is 40.6 Å². The van der Waals surface area contributed by atoms with Crippen LogP contribution in [0.4, 0.5) is 0 Å². The van der Waals surface area contributed by atoms with Crippen LogP contribution in [-0.2, 0) is 38.0 Å². The van der Waals surface area contributed by atoms with E-state index in [1.807, 2.05) is 0 Å². The third-order valence-corrected chi connectivity index (χ3v) is 3.55. The van der Waals surface area contributed by atoms with Crippen molar-refractivity contribution in [1.82, 2.24) is 0 Å². The lowest BCUT2D eigenvalue weighted by Crippen LogP contribution is -2.59. The lowest BCUT2D eigenvalue weighted by molar-refractivity contribution is -0.293. The van der Waals surface area contributed by atoms with Crippen LogP contribution < -0.4 is 0 Å². The third-order valence-electron chi connectivity index (χ3n) is 3.55. The second kappa shape index (κ2) is 10.3. The summed E-state index contributed by atoms with van der Waals surface area (Å²) < 4.78 is 31.9. The number of hydrogen-bond donors (Lipinski definition) is 0. The topological polar surface area (TPSA) is 89.5 Å². The third kappa shape index (κ3) is 4.96. The molecule has 1 fully saturated rings. The quantitative estimate of drug-likeness (QED) is 0.255. The molecule has 0 bridgehead atoms. The first-order valence-corrected chi connectivity index (χ1v) is 7.30. The smallest absolute Gasteiger partial charge is 0.379 e. The summed E-state index contributed by atoms with van der Waals surface area (Å²) in [5, 5.41) is 0. The molecule has 1 rings (SSSR count). The summed E-state index contributed by atoms with van der Waals surface area (Å²) in [6.45, 7) is 3.36. The monoisotopic (exact) mass is 344 g/mol. The van der Waals surface area contributed by atoms with Crippen LogP contribution in [0, 0.1) is 0 Å². The number of ether oxygens (including phenoxy) is 6. The van der Waals surface area contributed by atoms with Gasteiger partial charge in [-0.25, -0.2) is 4.79 Å². The molecule has 1 aliphatic heterocycles. The van der Waals surface area contributed by atoms with E-state index in [0.29, 0.717) is 0 Å². The zero-order chi connectivity index (χ0) is 18.1. The standard InChI is InChI=1S/C16H24O8/c1-6-9-23-15(18)10(17)7-8-11-12(19-2)13(20-3)14(21-4)16(22-5)24-11/h6-8,11-14,16H,1,9H2,2-5H3/b8-7+/t11-,12-,13+,14+,16+/m0/s1. The highest BCUT2D eigenvalue weighted by molar-refractivity contribution is 6.38. The molecule has 0 aromatic heterocycles. The van der Waals surface area contributed by atoms with Gasteiger partial charge in [-0.3, -0.25) is 4.79 Å². The van der Waals surface area contributed by atoms with Gasteiger partial charge in [0.2, 0.25) is 0 Å². The molecular weight excluding hydrogens is 320 g/mol. The van der Waals surface area contributed by atoms with E-state index >= 15 is 0 Å². The van der Waals surface area contributed by atoms with Gasteiger partial charge >= 0.3 is 5.97 Å². The highest BCUT2D eigenvalue weighted by atomic mass is 16.7. The molecule has 0 radical (unpaired) electrons. The molecule has 0 aliphatic carbocycles. The molecular formula is C16H24O8. The highest BCUT2D eigenvalue weighted by Gasteiger charge is 2.46. The fraction of sp³-hybridized carbons (Fsp3) is 0.625. The van der Waals surface area contributed by atoms with Crippen LogP contribution in [0.25, 0.3) is 0 Å². The maximum atomic E-state index is 11.7. The van der Waals surface area contributed by atoms with Crippen molar-refractivity contribution < 1.29 is 38.0 Å². The maximum Gasteiger partial charge on any atom is 0.379 e. The minimum Gasteiger partial charge on any atom is -0.455 e. The van der Waals surface area contributed by atoms with E-state index < -0.39 is 42.5 Å². The number of rotatable bonds is 9. The number of carbonyl (C=O) groups excluding carboxylic acids is 2. The zero-order valence-corrected chi connectivity index (χ0v) is 14.3. The lowest BCUT2D eigenvalue weighted by Gasteiger charge is -2.43. The summed E-state index contributed by atoms with van der Waals surface area (Å²) in [6, 6.07) is 0. The van der Waals surface area contributed by atoms with Gasteiger partial charge in [-0.15, -0.1) is 0 Å². The van der Waals surface area contributed by atoms with Gasteiger partial charge < -0.3 is 28.4 Å². The highest BCUT2D eigenvalue weighted by Crippen LogP contribution is 2.28. The van der Waals surface area contributed by atoms with Gasteiger partial charge in [0.05, 0.1) is 0 Å². The van der Waals surface area contributed by atoms with Crippen molar-refractivity contribution in [3.8, 4) is 0 Å². The number of esters is 1. The molecule has 1 saturated heterocycles. The Bertz CT molecular complexity index is 461. The summed E-state index contributed by atoms with van der Waals surface area (Å²) in [4.78, 5) is 23.2. The predicted octanol–water partition coefficient (Wildman–Crippen LogP) is 0.257. The molecule has 0 amide bonds. The van der Waals surface area contributed by atoms with E-state index in [-0.39, 0.29) is 6.61 Å². The molecule has 0 saturated carbocycles. The van der Waals surface area contributed by atoms with Crippen molar-refractivity contribution >= 4 is 11.8 Å². The van der Waals surface area contributed by atoms with Crippen LogP contribution in [0.15, 0.2) is 24.8 Å². The van der Waals surface area contributed by atoms with Gasteiger partial charge in [-0.05, 0) is 12.2 Å². The molecule has 0 spiro atoms. The van der Waals surface area contributed by atoms with Crippen molar-refractivity contribution in [3.63, 3.8) is 0 Å². The first kappa shape index (κ1) is 20.5. The van der Waals surface area contributed by atoms with Crippen molar-refractivity contribution in [1.29, 1.82) is 0 Å². The Morgan fingerprint density at radius 1 is 1.00 bits per heavy atom. The molecule has 0 unspecified atom stereocenters. The summed E-state index contributed by atoms with van der Waals surface area (Å²) in [5.74, 6) is -1.79. The van der Waals surface area contributed by atoms with Crippen molar-refractivity contribution in [3.05, 3.63) is 24.8 Å². The largest absolute Gasteiger partial charge is 0.455 e. The molecule has 24 heavy (non-hydrogen) atoms. The Morgan fingerprint density at radius 3 is 2.12 bits per heavy atom. The van der Waals surface area contributed by atoms with E-state index in [4.69, 9.17) is 23.7 Å². The molecule has 1 aliphatic rings. The second-order valence-corrected chi connectivity index (χ2v) is 4.92. The average Bonchev–Trinajstić information content (AvgIpc) is 2.61. The first-order chi connectivity index (χ1) is 11.5. The molecule has 8 heteroatoms. The van der Waals surface area contributed by atoms with Crippen LogP contribution in [0.5, 0.6) is 0 Å². The number of hydrogen-bond acceptors (Lipinski definition) is 8. The Labute approximate surface area is 141 Å². The zero-order valence-electron chi connectivity index (χ0n) is 14.3. The van der Waals surface area contributed by atoms with Gasteiger partial charge in [0.15, 0.2) is 6.29 Å². The minimum atomic E-state index is -0.975. The number of methoxy groups -OCH3 is 4. The molecule has 0 aromatic carbocycles. The fourth-order valence-electron chi connectivity index (χ4n) is 2.42. The van der Waals surface area contributed by atoms with E-state index in [1.54, 1.807) is 0 Å². The Balaban J connectivity index is 2.87. The van der Waals surface area contributed by atoms with Gasteiger partial charge in [0, 0.05) is 28.4 Å². The maximum absolute atomic E-state index is 11.7. The van der Waals surface area contributed by atoms with Crippen molar-refractivity contribution in [2.24, 2.45) is 0 Å². The lowest BCUT2D eigenvalue weighted by atomic mass is 9.97. The fourth-order valence-corrected chi connectivity index (χ4v) is 2.42. The van der Waals surface area contributed by atoms with Crippen LogP contribution in [0.1, 0.15) is 0 Å². The van der Waals surface area contributed by atoms with Gasteiger partial charge in [-0.2, -0.15) is 0 Å². The summed E-state index contributed by atoms with van der Waals surface area (Å²) >= 11 is 0. The van der Waals surface area contributed by atoms with Crippen LogP contribution >= 0.6 is 0 Å².